The highest BCUT2D eigenvalue weighted by Gasteiger charge is 1.98. The molecule has 4 heteroatoms. The van der Waals surface area contributed by atoms with Crippen molar-refractivity contribution in [2.75, 3.05) is 0 Å². The molecule has 0 radical (unpaired) electrons. The van der Waals surface area contributed by atoms with Gasteiger partial charge in [0.05, 0.1) is 0 Å². The van der Waals surface area contributed by atoms with E-state index in [1.165, 1.54) is 12.3 Å². The fourth-order valence-corrected chi connectivity index (χ4v) is 0.620. The van der Waals surface area contributed by atoms with Gasteiger partial charge in [-0.2, -0.15) is 0 Å². The van der Waals surface area contributed by atoms with Crippen LogP contribution in [0.3, 0.4) is 0 Å². The average molecular weight is 158 g/mol. The van der Waals surface area contributed by atoms with E-state index < -0.39 is 0 Å². The molecule has 0 bridgehead atoms. The summed E-state index contributed by atoms with van der Waals surface area (Å²) in [7, 11) is 0. The summed E-state index contributed by atoms with van der Waals surface area (Å²) in [5.74, 6) is -0.175. The Balaban J connectivity index is 3.16. The van der Waals surface area contributed by atoms with Crippen molar-refractivity contribution >= 4 is 17.9 Å². The van der Waals surface area contributed by atoms with Gasteiger partial charge in [-0.25, -0.2) is 4.98 Å². The van der Waals surface area contributed by atoms with E-state index >= 15 is 0 Å². The van der Waals surface area contributed by atoms with Gasteiger partial charge in [0.2, 0.25) is 0 Å². The fraction of sp³-hybridized carbons (Fsp3) is 0. The normalized spacial score (nSPS) is 9.30. The molecule has 0 aromatic carbocycles. The molecule has 1 rings (SSSR count). The smallest absolute Gasteiger partial charge is 0.170 e. The number of carbonyl (C=O) groups excluding carboxylic acids is 1. The van der Waals surface area contributed by atoms with Crippen molar-refractivity contribution in [3.05, 3.63) is 23.0 Å². The second kappa shape index (κ2) is 2.66. The van der Waals surface area contributed by atoms with Gasteiger partial charge in [-0.1, -0.05) is 11.6 Å². The Morgan fingerprint density at radius 2 is 2.40 bits per heavy atom. The number of aromatic nitrogens is 1. The van der Waals surface area contributed by atoms with Crippen molar-refractivity contribution in [3.8, 4) is 5.75 Å². The van der Waals surface area contributed by atoms with Gasteiger partial charge in [-0.05, 0) is 6.07 Å². The molecule has 0 atom stereocenters. The first-order chi connectivity index (χ1) is 4.74. The number of aldehydes is 1. The van der Waals surface area contributed by atoms with Crippen molar-refractivity contribution in [2.45, 2.75) is 0 Å². The molecule has 1 aromatic heterocycles. The highest BCUT2D eigenvalue weighted by atomic mass is 35.5. The van der Waals surface area contributed by atoms with Crippen LogP contribution in [0.2, 0.25) is 5.15 Å². The molecule has 0 saturated heterocycles. The maximum atomic E-state index is 10.1. The first-order valence-corrected chi connectivity index (χ1v) is 2.91. The molecule has 0 aliphatic heterocycles. The van der Waals surface area contributed by atoms with Gasteiger partial charge in [-0.15, -0.1) is 0 Å². The summed E-state index contributed by atoms with van der Waals surface area (Å²) in [5, 5.41) is 8.88. The van der Waals surface area contributed by atoms with Crippen LogP contribution in [0.1, 0.15) is 10.4 Å². The SMILES string of the molecule is O=Cc1cnc(Cl)c(O)c1. The van der Waals surface area contributed by atoms with Gasteiger partial charge in [0, 0.05) is 11.8 Å². The molecule has 1 N–H and O–H groups in total. The molecule has 0 aliphatic carbocycles. The van der Waals surface area contributed by atoms with Crippen LogP contribution in [-0.2, 0) is 0 Å². The van der Waals surface area contributed by atoms with Gasteiger partial charge >= 0.3 is 0 Å². The van der Waals surface area contributed by atoms with Gasteiger partial charge in [0.15, 0.2) is 17.2 Å². The molecule has 0 amide bonds. The van der Waals surface area contributed by atoms with Crippen LogP contribution in [0.5, 0.6) is 5.75 Å². The molecule has 0 fully saturated rings. The Hall–Kier alpha value is -1.09. The number of nitrogens with zero attached hydrogens (tertiary/aromatic N) is 1. The lowest BCUT2D eigenvalue weighted by Crippen LogP contribution is -1.82. The third-order valence-corrected chi connectivity index (χ3v) is 1.27. The lowest BCUT2D eigenvalue weighted by atomic mass is 10.3. The van der Waals surface area contributed by atoms with E-state index in [-0.39, 0.29) is 10.9 Å². The highest BCUT2D eigenvalue weighted by molar-refractivity contribution is 6.30. The molecule has 52 valence electrons. The zero-order chi connectivity index (χ0) is 7.56. The van der Waals surface area contributed by atoms with E-state index in [9.17, 15) is 4.79 Å². The van der Waals surface area contributed by atoms with Crippen LogP contribution in [-0.4, -0.2) is 16.4 Å². The van der Waals surface area contributed by atoms with E-state index in [2.05, 4.69) is 4.98 Å². The van der Waals surface area contributed by atoms with Crippen molar-refractivity contribution < 1.29 is 9.90 Å². The van der Waals surface area contributed by atoms with Gasteiger partial charge in [-0.3, -0.25) is 4.79 Å². The van der Waals surface area contributed by atoms with Crippen LogP contribution in [0.25, 0.3) is 0 Å². The predicted molar refractivity (Wildman–Crippen MR) is 36.3 cm³/mol. The largest absolute Gasteiger partial charge is 0.505 e. The van der Waals surface area contributed by atoms with Crippen LogP contribution < -0.4 is 0 Å². The van der Waals surface area contributed by atoms with E-state index in [0.29, 0.717) is 11.8 Å². The lowest BCUT2D eigenvalue weighted by Gasteiger charge is -1.93. The Kier molecular flexibility index (Phi) is 1.87. The summed E-state index contributed by atoms with van der Waals surface area (Å²) in [6.45, 7) is 0. The number of aromatic hydroxyl groups is 1. The molecule has 1 heterocycles. The molecule has 10 heavy (non-hydrogen) atoms. The van der Waals surface area contributed by atoms with Crippen molar-refractivity contribution in [2.24, 2.45) is 0 Å². The monoisotopic (exact) mass is 157 g/mol. The maximum Gasteiger partial charge on any atom is 0.170 e. The summed E-state index contributed by atoms with van der Waals surface area (Å²) < 4.78 is 0. The Morgan fingerprint density at radius 1 is 1.70 bits per heavy atom. The number of halogens is 1. The zero-order valence-electron chi connectivity index (χ0n) is 4.91. The van der Waals surface area contributed by atoms with Crippen LogP contribution in [0, 0.1) is 0 Å². The number of hydrogen-bond acceptors (Lipinski definition) is 3. The number of hydrogen-bond donors (Lipinski definition) is 1. The van der Waals surface area contributed by atoms with Gasteiger partial charge < -0.3 is 5.11 Å². The molecule has 0 aliphatic rings. The Morgan fingerprint density at radius 3 is 2.90 bits per heavy atom. The fourth-order valence-electron chi connectivity index (χ4n) is 0.516. The molecule has 0 unspecified atom stereocenters. The van der Waals surface area contributed by atoms with E-state index in [4.69, 9.17) is 16.7 Å². The molecule has 0 saturated carbocycles. The third-order valence-electron chi connectivity index (χ3n) is 0.978. The van der Waals surface area contributed by atoms with Crippen LogP contribution in [0.4, 0.5) is 0 Å². The van der Waals surface area contributed by atoms with Crippen LogP contribution >= 0.6 is 11.6 Å². The topological polar surface area (TPSA) is 50.2 Å². The molecular weight excluding hydrogens is 154 g/mol. The average Bonchev–Trinajstić information content (AvgIpc) is 1.95. The minimum Gasteiger partial charge on any atom is -0.505 e. The lowest BCUT2D eigenvalue weighted by molar-refractivity contribution is 0.112. The van der Waals surface area contributed by atoms with E-state index in [1.807, 2.05) is 0 Å². The number of pyridine rings is 1. The molecule has 3 nitrogen and oxygen atoms in total. The summed E-state index contributed by atoms with van der Waals surface area (Å²) in [6, 6.07) is 1.25. The highest BCUT2D eigenvalue weighted by Crippen LogP contribution is 2.19. The summed E-state index contributed by atoms with van der Waals surface area (Å²) in [6.07, 6.45) is 1.87. The summed E-state index contributed by atoms with van der Waals surface area (Å²) >= 11 is 5.36. The first kappa shape index (κ1) is 7.02. The summed E-state index contributed by atoms with van der Waals surface area (Å²) in [4.78, 5) is 13.6. The van der Waals surface area contributed by atoms with E-state index in [0.717, 1.165) is 0 Å². The minimum atomic E-state index is -0.175. The minimum absolute atomic E-state index is 0.00519. The Labute approximate surface area is 62.3 Å². The molecule has 1 aromatic rings. The van der Waals surface area contributed by atoms with Crippen molar-refractivity contribution in [3.63, 3.8) is 0 Å². The standard InChI is InChI=1S/C6H4ClNO2/c7-6-5(10)1-4(3-9)2-8-6/h1-3,10H. The van der Waals surface area contributed by atoms with Crippen molar-refractivity contribution in [1.29, 1.82) is 0 Å². The predicted octanol–water partition coefficient (Wildman–Crippen LogP) is 1.25. The second-order valence-corrected chi connectivity index (χ2v) is 2.05. The quantitative estimate of drug-likeness (QED) is 0.493. The number of rotatable bonds is 1. The van der Waals surface area contributed by atoms with Crippen molar-refractivity contribution in [1.82, 2.24) is 4.98 Å². The number of carbonyl (C=O) groups is 1. The summed E-state index contributed by atoms with van der Waals surface area (Å²) in [5.41, 5.74) is 0.307. The third kappa shape index (κ3) is 1.25. The van der Waals surface area contributed by atoms with E-state index in [1.54, 1.807) is 0 Å². The van der Waals surface area contributed by atoms with Gasteiger partial charge in [0.1, 0.15) is 0 Å². The Bertz CT molecular complexity index is 262. The molecular formula is C6H4ClNO2. The zero-order valence-corrected chi connectivity index (χ0v) is 5.67. The van der Waals surface area contributed by atoms with Gasteiger partial charge in [0.25, 0.3) is 0 Å². The molecule has 0 spiro atoms. The first-order valence-electron chi connectivity index (χ1n) is 2.53. The van der Waals surface area contributed by atoms with Crippen LogP contribution in [0.15, 0.2) is 12.3 Å². The second-order valence-electron chi connectivity index (χ2n) is 1.70. The maximum absolute atomic E-state index is 10.1.